The van der Waals surface area contributed by atoms with Crippen LogP contribution in [-0.4, -0.2) is 23.4 Å². The Morgan fingerprint density at radius 1 is 1.15 bits per heavy atom. The minimum absolute atomic E-state index is 0.193. The quantitative estimate of drug-likeness (QED) is 0.852. The summed E-state index contributed by atoms with van der Waals surface area (Å²) < 4.78 is 0. The second-order valence-electron chi connectivity index (χ2n) is 5.06. The van der Waals surface area contributed by atoms with E-state index < -0.39 is 0 Å². The molecule has 0 unspecified atom stereocenters. The molecule has 1 saturated carbocycles. The van der Waals surface area contributed by atoms with Crippen LogP contribution in [0.3, 0.4) is 0 Å². The number of hydrogen-bond donors (Lipinski definition) is 1. The molecule has 1 fully saturated rings. The minimum atomic E-state index is 0.193. The summed E-state index contributed by atoms with van der Waals surface area (Å²) in [4.78, 5) is 16.8. The Kier molecular flexibility index (Phi) is 4.50. The Hall–Kier alpha value is -1.17. The maximum atomic E-state index is 12.4. The van der Waals surface area contributed by atoms with E-state index in [1.165, 1.54) is 22.6 Å². The van der Waals surface area contributed by atoms with Gasteiger partial charge in [-0.05, 0) is 35.7 Å². The largest absolute Gasteiger partial charge is 0.331 e. The van der Waals surface area contributed by atoms with Crippen LogP contribution in [0.4, 0.5) is 0 Å². The Morgan fingerprint density at radius 2 is 1.75 bits per heavy atom. The molecule has 0 spiro atoms. The topological polar surface area (TPSA) is 32.3 Å². The Bertz CT molecular complexity index is 496. The molecule has 0 radical (unpaired) electrons. The summed E-state index contributed by atoms with van der Waals surface area (Å²) in [6, 6.07) is 8.83. The van der Waals surface area contributed by atoms with Crippen molar-refractivity contribution < 1.29 is 4.79 Å². The third-order valence-electron chi connectivity index (χ3n) is 3.33. The zero-order valence-corrected chi connectivity index (χ0v) is 12.9. The zero-order valence-electron chi connectivity index (χ0n) is 11.2. The van der Waals surface area contributed by atoms with Crippen LogP contribution in [-0.2, 0) is 17.9 Å². The highest BCUT2D eigenvalue weighted by Gasteiger charge is 2.23. The monoisotopic (exact) mass is 306 g/mol. The molecule has 1 aliphatic carbocycles. The van der Waals surface area contributed by atoms with Gasteiger partial charge in [0.1, 0.15) is 0 Å². The minimum Gasteiger partial charge on any atom is -0.331 e. The highest BCUT2D eigenvalue weighted by Crippen LogP contribution is 2.19. The third-order valence-corrected chi connectivity index (χ3v) is 5.05. The van der Waals surface area contributed by atoms with E-state index in [9.17, 15) is 4.79 Å². The van der Waals surface area contributed by atoms with Crippen molar-refractivity contribution in [2.75, 3.05) is 6.54 Å². The molecule has 5 heteroatoms. The Labute approximate surface area is 127 Å². The van der Waals surface area contributed by atoms with Crippen LogP contribution in [0.15, 0.2) is 35.0 Å². The van der Waals surface area contributed by atoms with Crippen molar-refractivity contribution in [1.82, 2.24) is 10.2 Å². The first kappa shape index (κ1) is 13.8. The van der Waals surface area contributed by atoms with Gasteiger partial charge in [-0.3, -0.25) is 4.79 Å². The molecule has 1 aliphatic rings. The average Bonchev–Trinajstić information content (AvgIpc) is 2.91. The molecule has 0 saturated heterocycles. The van der Waals surface area contributed by atoms with Crippen molar-refractivity contribution >= 4 is 28.6 Å². The van der Waals surface area contributed by atoms with Crippen LogP contribution in [0.25, 0.3) is 0 Å². The molecular formula is C15H18N2OS2. The van der Waals surface area contributed by atoms with E-state index in [0.717, 1.165) is 0 Å². The predicted octanol–water partition coefficient (Wildman–Crippen LogP) is 3.09. The van der Waals surface area contributed by atoms with E-state index >= 15 is 0 Å². The van der Waals surface area contributed by atoms with Crippen molar-refractivity contribution in [3.05, 3.63) is 44.8 Å². The Morgan fingerprint density at radius 3 is 2.20 bits per heavy atom. The fraction of sp³-hybridized carbons (Fsp3) is 0.400. The van der Waals surface area contributed by atoms with Crippen LogP contribution in [0.5, 0.6) is 0 Å². The third kappa shape index (κ3) is 3.91. The SMILES string of the molecule is O=C(CNC1CC1)N(Cc1cccs1)Cc1cccs1. The number of rotatable bonds is 7. The summed E-state index contributed by atoms with van der Waals surface area (Å²) in [5.41, 5.74) is 0. The molecule has 106 valence electrons. The van der Waals surface area contributed by atoms with Crippen molar-refractivity contribution in [2.24, 2.45) is 0 Å². The average molecular weight is 306 g/mol. The van der Waals surface area contributed by atoms with E-state index in [1.807, 2.05) is 17.0 Å². The van der Waals surface area contributed by atoms with E-state index in [-0.39, 0.29) is 5.91 Å². The van der Waals surface area contributed by atoms with Gasteiger partial charge in [-0.2, -0.15) is 0 Å². The first-order valence-corrected chi connectivity index (χ1v) is 8.63. The molecule has 0 aromatic carbocycles. The van der Waals surface area contributed by atoms with Crippen molar-refractivity contribution in [3.8, 4) is 0 Å². The molecule has 1 amide bonds. The molecular weight excluding hydrogens is 288 g/mol. The molecule has 0 aliphatic heterocycles. The normalized spacial score (nSPS) is 14.4. The molecule has 20 heavy (non-hydrogen) atoms. The maximum absolute atomic E-state index is 12.4. The van der Waals surface area contributed by atoms with Crippen LogP contribution in [0, 0.1) is 0 Å². The standard InChI is InChI=1S/C15H18N2OS2/c18-15(9-16-12-5-6-12)17(10-13-3-1-7-19-13)11-14-4-2-8-20-14/h1-4,7-8,12,16H,5-6,9-11H2. The second-order valence-corrected chi connectivity index (χ2v) is 7.13. The molecule has 3 rings (SSSR count). The van der Waals surface area contributed by atoms with E-state index in [2.05, 4.69) is 28.2 Å². The van der Waals surface area contributed by atoms with Gasteiger partial charge in [-0.15, -0.1) is 22.7 Å². The zero-order chi connectivity index (χ0) is 13.8. The van der Waals surface area contributed by atoms with Gasteiger partial charge in [0, 0.05) is 15.8 Å². The maximum Gasteiger partial charge on any atom is 0.237 e. The number of thiophene rings is 2. The van der Waals surface area contributed by atoms with Crippen molar-refractivity contribution in [3.63, 3.8) is 0 Å². The first-order chi connectivity index (χ1) is 9.81. The fourth-order valence-electron chi connectivity index (χ4n) is 2.04. The summed E-state index contributed by atoms with van der Waals surface area (Å²) in [5.74, 6) is 0.193. The van der Waals surface area contributed by atoms with Gasteiger partial charge in [0.05, 0.1) is 19.6 Å². The van der Waals surface area contributed by atoms with Gasteiger partial charge in [-0.25, -0.2) is 0 Å². The summed E-state index contributed by atoms with van der Waals surface area (Å²) in [6.45, 7) is 1.88. The van der Waals surface area contributed by atoms with Crippen LogP contribution in [0.1, 0.15) is 22.6 Å². The van der Waals surface area contributed by atoms with Gasteiger partial charge in [0.2, 0.25) is 5.91 Å². The highest BCUT2D eigenvalue weighted by atomic mass is 32.1. The van der Waals surface area contributed by atoms with Gasteiger partial charge >= 0.3 is 0 Å². The highest BCUT2D eigenvalue weighted by molar-refractivity contribution is 7.10. The van der Waals surface area contributed by atoms with Crippen LogP contribution >= 0.6 is 22.7 Å². The van der Waals surface area contributed by atoms with Gasteiger partial charge in [0.25, 0.3) is 0 Å². The van der Waals surface area contributed by atoms with Crippen molar-refractivity contribution in [2.45, 2.75) is 32.0 Å². The number of carbonyl (C=O) groups is 1. The number of nitrogens with one attached hydrogen (secondary N) is 1. The van der Waals surface area contributed by atoms with Gasteiger partial charge in [0.15, 0.2) is 0 Å². The summed E-state index contributed by atoms with van der Waals surface area (Å²) in [6.07, 6.45) is 2.42. The smallest absolute Gasteiger partial charge is 0.237 e. The number of carbonyl (C=O) groups excluding carboxylic acids is 1. The van der Waals surface area contributed by atoms with Crippen molar-refractivity contribution in [1.29, 1.82) is 0 Å². The van der Waals surface area contributed by atoms with E-state index in [4.69, 9.17) is 0 Å². The molecule has 2 aromatic rings. The van der Waals surface area contributed by atoms with E-state index in [0.29, 0.717) is 25.7 Å². The summed E-state index contributed by atoms with van der Waals surface area (Å²) in [7, 11) is 0. The Balaban J connectivity index is 1.62. The lowest BCUT2D eigenvalue weighted by atomic mass is 10.3. The first-order valence-electron chi connectivity index (χ1n) is 6.87. The van der Waals surface area contributed by atoms with Gasteiger partial charge in [-0.1, -0.05) is 12.1 Å². The van der Waals surface area contributed by atoms with Crippen LogP contribution < -0.4 is 5.32 Å². The molecule has 0 bridgehead atoms. The number of amides is 1. The number of nitrogens with zero attached hydrogens (tertiary/aromatic N) is 1. The molecule has 3 nitrogen and oxygen atoms in total. The predicted molar refractivity (Wildman–Crippen MR) is 83.9 cm³/mol. The summed E-state index contributed by atoms with van der Waals surface area (Å²) in [5, 5.41) is 7.43. The fourth-order valence-corrected chi connectivity index (χ4v) is 3.48. The molecule has 1 N–H and O–H groups in total. The lowest BCUT2D eigenvalue weighted by Crippen LogP contribution is -2.37. The number of hydrogen-bond acceptors (Lipinski definition) is 4. The van der Waals surface area contributed by atoms with Gasteiger partial charge < -0.3 is 10.2 Å². The lowest BCUT2D eigenvalue weighted by molar-refractivity contribution is -0.131. The second kappa shape index (κ2) is 6.52. The van der Waals surface area contributed by atoms with E-state index in [1.54, 1.807) is 22.7 Å². The van der Waals surface area contributed by atoms with Crippen LogP contribution in [0.2, 0.25) is 0 Å². The molecule has 2 aromatic heterocycles. The lowest BCUT2D eigenvalue weighted by Gasteiger charge is -2.22. The summed E-state index contributed by atoms with van der Waals surface area (Å²) >= 11 is 3.41. The molecule has 0 atom stereocenters. The molecule has 2 heterocycles.